The first-order chi connectivity index (χ1) is 10.2. The molecule has 1 aromatic heterocycles. The Labute approximate surface area is 124 Å². The van der Waals surface area contributed by atoms with Crippen LogP contribution >= 0.6 is 0 Å². The molecule has 1 fully saturated rings. The van der Waals surface area contributed by atoms with Gasteiger partial charge in [-0.3, -0.25) is 4.79 Å². The van der Waals surface area contributed by atoms with Crippen LogP contribution in [0.4, 0.5) is 5.82 Å². The molecular formula is C17H20N2O2. The maximum atomic E-state index is 11.3. The van der Waals surface area contributed by atoms with Gasteiger partial charge in [-0.25, -0.2) is 4.98 Å². The summed E-state index contributed by atoms with van der Waals surface area (Å²) in [6.45, 7) is 0. The predicted octanol–water partition coefficient (Wildman–Crippen LogP) is 3.82. The number of anilines is 1. The number of carboxylic acids is 1. The van der Waals surface area contributed by atoms with Gasteiger partial charge in [0, 0.05) is 17.1 Å². The number of rotatable bonds is 4. The number of benzene rings is 1. The van der Waals surface area contributed by atoms with Gasteiger partial charge in [-0.05, 0) is 24.3 Å². The van der Waals surface area contributed by atoms with E-state index in [0.717, 1.165) is 42.3 Å². The minimum atomic E-state index is -0.746. The minimum Gasteiger partial charge on any atom is -0.481 e. The second kappa shape index (κ2) is 5.72. The van der Waals surface area contributed by atoms with Gasteiger partial charge in [0.2, 0.25) is 0 Å². The van der Waals surface area contributed by atoms with Crippen LogP contribution in [0.15, 0.2) is 36.5 Å². The van der Waals surface area contributed by atoms with Crippen molar-refractivity contribution in [3.05, 3.63) is 36.5 Å². The van der Waals surface area contributed by atoms with Crippen molar-refractivity contribution < 1.29 is 9.90 Å². The number of hydrogen-bond acceptors (Lipinski definition) is 3. The van der Waals surface area contributed by atoms with Crippen LogP contribution in [0.25, 0.3) is 10.8 Å². The summed E-state index contributed by atoms with van der Waals surface area (Å²) in [6, 6.07) is 10.0. The van der Waals surface area contributed by atoms with Gasteiger partial charge in [0.05, 0.1) is 6.42 Å². The number of pyridine rings is 1. The number of carbonyl (C=O) groups is 1. The van der Waals surface area contributed by atoms with Crippen molar-refractivity contribution in [2.45, 2.75) is 44.1 Å². The molecule has 4 heteroatoms. The molecule has 0 amide bonds. The van der Waals surface area contributed by atoms with Gasteiger partial charge < -0.3 is 10.4 Å². The Morgan fingerprint density at radius 1 is 1.19 bits per heavy atom. The Morgan fingerprint density at radius 3 is 2.71 bits per heavy atom. The summed E-state index contributed by atoms with van der Waals surface area (Å²) >= 11 is 0. The largest absolute Gasteiger partial charge is 0.481 e. The van der Waals surface area contributed by atoms with E-state index < -0.39 is 5.97 Å². The highest BCUT2D eigenvalue weighted by molar-refractivity contribution is 5.92. The van der Waals surface area contributed by atoms with Crippen molar-refractivity contribution in [2.75, 3.05) is 5.32 Å². The van der Waals surface area contributed by atoms with E-state index in [2.05, 4.69) is 10.3 Å². The summed E-state index contributed by atoms with van der Waals surface area (Å²) in [4.78, 5) is 15.7. The lowest BCUT2D eigenvalue weighted by Gasteiger charge is -2.37. The average Bonchev–Trinajstić information content (AvgIpc) is 2.48. The summed E-state index contributed by atoms with van der Waals surface area (Å²) in [7, 11) is 0. The lowest BCUT2D eigenvalue weighted by molar-refractivity contribution is -0.138. The molecule has 0 unspecified atom stereocenters. The van der Waals surface area contributed by atoms with Crippen LogP contribution in [0, 0.1) is 0 Å². The minimum absolute atomic E-state index is 0.151. The molecule has 1 aromatic carbocycles. The maximum absolute atomic E-state index is 11.3. The van der Waals surface area contributed by atoms with Gasteiger partial charge in [0.1, 0.15) is 5.82 Å². The van der Waals surface area contributed by atoms with Gasteiger partial charge in [0.15, 0.2) is 0 Å². The van der Waals surface area contributed by atoms with Crippen molar-refractivity contribution in [3.8, 4) is 0 Å². The van der Waals surface area contributed by atoms with Crippen LogP contribution in [-0.2, 0) is 4.79 Å². The van der Waals surface area contributed by atoms with E-state index >= 15 is 0 Å². The van der Waals surface area contributed by atoms with E-state index in [9.17, 15) is 9.90 Å². The smallest absolute Gasteiger partial charge is 0.305 e. The molecule has 1 aliphatic rings. The lowest BCUT2D eigenvalue weighted by atomic mass is 9.79. The zero-order valence-corrected chi connectivity index (χ0v) is 12.0. The van der Waals surface area contributed by atoms with Crippen molar-refractivity contribution >= 4 is 22.6 Å². The summed E-state index contributed by atoms with van der Waals surface area (Å²) in [6.07, 6.45) is 7.05. The monoisotopic (exact) mass is 284 g/mol. The molecule has 0 radical (unpaired) electrons. The first kappa shape index (κ1) is 13.9. The summed E-state index contributed by atoms with van der Waals surface area (Å²) < 4.78 is 0. The fourth-order valence-corrected chi connectivity index (χ4v) is 3.33. The Kier molecular flexibility index (Phi) is 3.78. The van der Waals surface area contributed by atoms with Gasteiger partial charge in [-0.1, -0.05) is 43.5 Å². The molecule has 110 valence electrons. The number of aliphatic carboxylic acids is 1. The third kappa shape index (κ3) is 2.99. The van der Waals surface area contributed by atoms with Gasteiger partial charge in [-0.2, -0.15) is 0 Å². The topological polar surface area (TPSA) is 62.2 Å². The molecule has 0 saturated heterocycles. The quantitative estimate of drug-likeness (QED) is 0.895. The van der Waals surface area contributed by atoms with E-state index in [1.54, 1.807) is 6.20 Å². The third-order valence-corrected chi connectivity index (χ3v) is 4.36. The molecule has 1 heterocycles. The zero-order chi connectivity index (χ0) is 14.7. The maximum Gasteiger partial charge on any atom is 0.305 e. The Hall–Kier alpha value is -2.10. The number of nitrogens with one attached hydrogen (secondary N) is 1. The number of carboxylic acid groups (broad SMARTS) is 1. The number of hydrogen-bond donors (Lipinski definition) is 2. The van der Waals surface area contributed by atoms with Crippen molar-refractivity contribution in [2.24, 2.45) is 0 Å². The van der Waals surface area contributed by atoms with E-state index in [1.165, 1.54) is 6.42 Å². The fourth-order valence-electron chi connectivity index (χ4n) is 3.33. The van der Waals surface area contributed by atoms with E-state index in [0.29, 0.717) is 0 Å². The van der Waals surface area contributed by atoms with Crippen LogP contribution < -0.4 is 5.32 Å². The number of aromatic nitrogens is 1. The van der Waals surface area contributed by atoms with Crippen molar-refractivity contribution in [1.29, 1.82) is 0 Å². The number of nitrogens with zero attached hydrogens (tertiary/aromatic N) is 1. The Bertz CT molecular complexity index is 643. The van der Waals surface area contributed by atoms with E-state index in [1.807, 2.05) is 30.3 Å². The van der Waals surface area contributed by atoms with Crippen LogP contribution in [0.3, 0.4) is 0 Å². The van der Waals surface area contributed by atoms with Crippen molar-refractivity contribution in [3.63, 3.8) is 0 Å². The first-order valence-electron chi connectivity index (χ1n) is 7.52. The van der Waals surface area contributed by atoms with Crippen LogP contribution in [0.2, 0.25) is 0 Å². The molecule has 0 aliphatic heterocycles. The average molecular weight is 284 g/mol. The predicted molar refractivity (Wildman–Crippen MR) is 83.4 cm³/mol. The SMILES string of the molecule is O=C(O)CC1(Nc2nccc3ccccc23)CCCCC1. The standard InChI is InChI=1S/C17H20N2O2/c20-15(21)12-17(9-4-1-5-10-17)19-16-14-7-3-2-6-13(14)8-11-18-16/h2-3,6-8,11H,1,4-5,9-10,12H2,(H,18,19)(H,20,21). The number of fused-ring (bicyclic) bond motifs is 1. The molecule has 1 saturated carbocycles. The van der Waals surface area contributed by atoms with Gasteiger partial charge in [-0.15, -0.1) is 0 Å². The zero-order valence-electron chi connectivity index (χ0n) is 12.0. The molecule has 4 nitrogen and oxygen atoms in total. The molecule has 21 heavy (non-hydrogen) atoms. The second-order valence-electron chi connectivity index (χ2n) is 5.92. The normalized spacial score (nSPS) is 17.5. The molecule has 1 aliphatic carbocycles. The molecule has 0 atom stereocenters. The van der Waals surface area contributed by atoms with Crippen LogP contribution in [-0.4, -0.2) is 21.6 Å². The molecule has 0 bridgehead atoms. The third-order valence-electron chi connectivity index (χ3n) is 4.36. The van der Waals surface area contributed by atoms with Crippen LogP contribution in [0.5, 0.6) is 0 Å². The summed E-state index contributed by atoms with van der Waals surface area (Å²) in [5, 5.41) is 14.9. The Morgan fingerprint density at radius 2 is 1.95 bits per heavy atom. The highest BCUT2D eigenvalue weighted by atomic mass is 16.4. The summed E-state index contributed by atoms with van der Waals surface area (Å²) in [5.41, 5.74) is -0.360. The second-order valence-corrected chi connectivity index (χ2v) is 5.92. The van der Waals surface area contributed by atoms with E-state index in [4.69, 9.17) is 0 Å². The van der Waals surface area contributed by atoms with Gasteiger partial charge in [0.25, 0.3) is 0 Å². The highest BCUT2D eigenvalue weighted by Crippen LogP contribution is 2.35. The van der Waals surface area contributed by atoms with Crippen molar-refractivity contribution in [1.82, 2.24) is 4.98 Å². The van der Waals surface area contributed by atoms with Crippen LogP contribution in [0.1, 0.15) is 38.5 Å². The highest BCUT2D eigenvalue weighted by Gasteiger charge is 2.34. The molecule has 3 rings (SSSR count). The Balaban J connectivity index is 1.95. The molecule has 2 aromatic rings. The van der Waals surface area contributed by atoms with Gasteiger partial charge >= 0.3 is 5.97 Å². The van der Waals surface area contributed by atoms with E-state index in [-0.39, 0.29) is 12.0 Å². The lowest BCUT2D eigenvalue weighted by Crippen LogP contribution is -2.42. The molecular weight excluding hydrogens is 264 g/mol. The molecule has 0 spiro atoms. The summed E-state index contributed by atoms with van der Waals surface area (Å²) in [5.74, 6) is 0.0564. The molecule has 2 N–H and O–H groups in total. The fraction of sp³-hybridized carbons (Fsp3) is 0.412. The first-order valence-corrected chi connectivity index (χ1v) is 7.52.